The van der Waals surface area contributed by atoms with Crippen LogP contribution >= 0.6 is 0 Å². The molecule has 8 aromatic rings. The molecule has 0 fully saturated rings. The van der Waals surface area contributed by atoms with E-state index < -0.39 is 0 Å². The molecule has 0 heterocycles. The Bertz CT molecular complexity index is 2820. The summed E-state index contributed by atoms with van der Waals surface area (Å²) in [6.07, 6.45) is 14.3. The van der Waals surface area contributed by atoms with Crippen molar-refractivity contribution >= 4 is 39.6 Å². The summed E-state index contributed by atoms with van der Waals surface area (Å²) in [7, 11) is 0. The lowest BCUT2D eigenvalue weighted by molar-refractivity contribution is 0.787. The predicted octanol–water partition coefficient (Wildman–Crippen LogP) is 16.7. The van der Waals surface area contributed by atoms with Crippen molar-refractivity contribution in [3.8, 4) is 33.4 Å². The van der Waals surface area contributed by atoms with Gasteiger partial charge in [-0.05, 0) is 137 Å². The molecule has 0 N–H and O–H groups in total. The lowest BCUT2D eigenvalue weighted by atomic mass is 9.95. The smallest absolute Gasteiger partial charge is 0.0560 e. The molecule has 0 bridgehead atoms. The van der Waals surface area contributed by atoms with Crippen LogP contribution in [-0.2, 0) is 0 Å². The molecular formula is C60H50N2. The van der Waals surface area contributed by atoms with Gasteiger partial charge in [0.1, 0.15) is 0 Å². The van der Waals surface area contributed by atoms with E-state index in [9.17, 15) is 0 Å². The van der Waals surface area contributed by atoms with E-state index in [1.807, 2.05) is 0 Å². The van der Waals surface area contributed by atoms with Crippen LogP contribution in [0.3, 0.4) is 0 Å². The molecule has 0 saturated heterocycles. The molecule has 2 heteroatoms. The number of hydrogen-bond acceptors (Lipinski definition) is 2. The zero-order valence-corrected chi connectivity index (χ0v) is 35.4. The Kier molecular flexibility index (Phi) is 12.0. The largest absolute Gasteiger partial charge is 0.334 e. The third-order valence-electron chi connectivity index (χ3n) is 11.7. The van der Waals surface area contributed by atoms with Gasteiger partial charge < -0.3 is 9.80 Å². The summed E-state index contributed by atoms with van der Waals surface area (Å²) in [5.74, 6) is 0. The minimum Gasteiger partial charge on any atom is -0.334 e. The highest BCUT2D eigenvalue weighted by Gasteiger charge is 2.21. The second-order valence-corrected chi connectivity index (χ2v) is 15.6. The number of anilines is 5. The molecule has 9 rings (SSSR count). The van der Waals surface area contributed by atoms with Crippen molar-refractivity contribution in [3.05, 3.63) is 260 Å². The van der Waals surface area contributed by atoms with Gasteiger partial charge in [0.2, 0.25) is 0 Å². The van der Waals surface area contributed by atoms with Crippen molar-refractivity contribution < 1.29 is 0 Å². The zero-order valence-electron chi connectivity index (χ0n) is 35.4. The molecule has 1 atom stereocenters. The summed E-state index contributed by atoms with van der Waals surface area (Å²) >= 11 is 0. The Hall–Kier alpha value is -7.68. The molecule has 1 aliphatic carbocycles. The van der Waals surface area contributed by atoms with Gasteiger partial charge in [-0.15, -0.1) is 0 Å². The molecule has 0 spiro atoms. The maximum atomic E-state index is 2.47. The first kappa shape index (κ1) is 39.8. The topological polar surface area (TPSA) is 6.48 Å². The Morgan fingerprint density at radius 2 is 0.790 bits per heavy atom. The molecule has 1 unspecified atom stereocenters. The average molecular weight is 799 g/mol. The minimum absolute atomic E-state index is 0.171. The van der Waals surface area contributed by atoms with Gasteiger partial charge in [-0.2, -0.15) is 0 Å². The van der Waals surface area contributed by atoms with Crippen molar-refractivity contribution in [2.24, 2.45) is 0 Å². The molecule has 62 heavy (non-hydrogen) atoms. The number of nitrogens with zero attached hydrogens (tertiary/aromatic N) is 2. The number of hydrogen-bond donors (Lipinski definition) is 0. The number of benzene rings is 8. The Morgan fingerprint density at radius 3 is 1.16 bits per heavy atom. The highest BCUT2D eigenvalue weighted by atomic mass is 15.2. The van der Waals surface area contributed by atoms with Crippen LogP contribution in [0.2, 0.25) is 0 Å². The summed E-state index contributed by atoms with van der Waals surface area (Å²) in [4.78, 5) is 4.81. The fraction of sp³-hybridized carbons (Fsp3) is 0.0667. The fourth-order valence-corrected chi connectivity index (χ4v) is 8.46. The molecule has 0 saturated carbocycles. The molecule has 300 valence electrons. The third kappa shape index (κ3) is 8.77. The van der Waals surface area contributed by atoms with Crippen LogP contribution in [0.4, 0.5) is 28.4 Å². The van der Waals surface area contributed by atoms with Gasteiger partial charge in [-0.25, -0.2) is 0 Å². The molecule has 0 aliphatic heterocycles. The average Bonchev–Trinajstić information content (AvgIpc) is 3.36. The lowest BCUT2D eigenvalue weighted by Crippen LogP contribution is -2.30. The molecular weight excluding hydrogens is 749 g/mol. The molecule has 0 aromatic heterocycles. The highest BCUT2D eigenvalue weighted by Crippen LogP contribution is 2.39. The summed E-state index contributed by atoms with van der Waals surface area (Å²) in [5, 5.41) is 0. The van der Waals surface area contributed by atoms with Gasteiger partial charge in [-0.3, -0.25) is 0 Å². The summed E-state index contributed by atoms with van der Waals surface area (Å²) in [6.45, 7) is 4.15. The van der Waals surface area contributed by atoms with E-state index in [1.54, 1.807) is 0 Å². The van der Waals surface area contributed by atoms with Crippen LogP contribution in [0.15, 0.2) is 249 Å². The van der Waals surface area contributed by atoms with E-state index >= 15 is 0 Å². The van der Waals surface area contributed by atoms with E-state index in [0.717, 1.165) is 29.2 Å². The van der Waals surface area contributed by atoms with Crippen LogP contribution in [0, 0.1) is 0 Å². The van der Waals surface area contributed by atoms with Crippen LogP contribution < -0.4 is 9.80 Å². The first-order chi connectivity index (χ1) is 30.6. The number of allylic oxidation sites excluding steroid dienone is 6. The quantitative estimate of drug-likeness (QED) is 0.114. The fourth-order valence-electron chi connectivity index (χ4n) is 8.46. The Morgan fingerprint density at radius 1 is 0.419 bits per heavy atom. The van der Waals surface area contributed by atoms with Gasteiger partial charge in [0, 0.05) is 28.4 Å². The number of rotatable bonds is 12. The third-order valence-corrected chi connectivity index (χ3v) is 11.7. The lowest BCUT2D eigenvalue weighted by Gasteiger charge is -2.33. The maximum absolute atomic E-state index is 2.47. The van der Waals surface area contributed by atoms with Gasteiger partial charge in [0.15, 0.2) is 0 Å². The van der Waals surface area contributed by atoms with Gasteiger partial charge in [-0.1, -0.05) is 188 Å². The van der Waals surface area contributed by atoms with Crippen molar-refractivity contribution in [1.82, 2.24) is 0 Å². The molecule has 8 aromatic carbocycles. The first-order valence-corrected chi connectivity index (χ1v) is 21.6. The van der Waals surface area contributed by atoms with Gasteiger partial charge in [0.05, 0.1) is 6.04 Å². The van der Waals surface area contributed by atoms with Gasteiger partial charge >= 0.3 is 0 Å². The van der Waals surface area contributed by atoms with Crippen molar-refractivity contribution in [2.75, 3.05) is 9.80 Å². The summed E-state index contributed by atoms with van der Waals surface area (Å²) < 4.78 is 0. The normalized spacial score (nSPS) is 13.8. The van der Waals surface area contributed by atoms with Crippen molar-refractivity contribution in [3.63, 3.8) is 0 Å². The van der Waals surface area contributed by atoms with E-state index in [0.29, 0.717) is 0 Å². The summed E-state index contributed by atoms with van der Waals surface area (Å²) in [6, 6.07) is 76.8. The highest BCUT2D eigenvalue weighted by molar-refractivity contribution is 5.83. The second-order valence-electron chi connectivity index (χ2n) is 15.6. The van der Waals surface area contributed by atoms with Crippen LogP contribution in [0.1, 0.15) is 31.4 Å². The monoisotopic (exact) mass is 798 g/mol. The first-order valence-electron chi connectivity index (χ1n) is 21.6. The van der Waals surface area contributed by atoms with Crippen LogP contribution in [-0.4, -0.2) is 6.04 Å². The standard InChI is InChI=1S/C60H50N2/c1-3-14-45(4-2)49-21-33-55(34-22-49)61(56-35-23-50(24-36-56)46-15-8-5-9-16-46)59-41-29-53(30-42-59)54-31-43-60(44-32-54)62(57-37-25-51(26-38-57)47-17-10-6-11-18-47)58-39-27-52(28-40-58)48-19-12-7-13-20-48/h3-39,41-44,58H,40H2,1-2H3/b14-3-,45-4+. The van der Waals surface area contributed by atoms with E-state index in [-0.39, 0.29) is 6.04 Å². The zero-order chi connectivity index (χ0) is 42.1. The van der Waals surface area contributed by atoms with Crippen molar-refractivity contribution in [1.29, 1.82) is 0 Å². The van der Waals surface area contributed by atoms with Crippen molar-refractivity contribution in [2.45, 2.75) is 26.3 Å². The van der Waals surface area contributed by atoms with E-state index in [2.05, 4.69) is 272 Å². The van der Waals surface area contributed by atoms with E-state index in [1.165, 1.54) is 61.3 Å². The van der Waals surface area contributed by atoms with Crippen LogP contribution in [0.25, 0.3) is 44.5 Å². The molecule has 0 amide bonds. The second kappa shape index (κ2) is 18.7. The molecule has 1 aliphatic rings. The summed E-state index contributed by atoms with van der Waals surface area (Å²) in [5.41, 5.74) is 17.8. The Labute approximate surface area is 367 Å². The minimum atomic E-state index is 0.171. The molecule has 2 nitrogen and oxygen atoms in total. The SMILES string of the molecule is C/C=C\C(=C/C)c1ccc(N(c2ccc(-c3ccccc3)cc2)c2ccc(-c3ccc(N(c4ccc(-c5ccccc5)cc4)C4C=CC(c5ccccc5)=CC4)cc3)cc2)cc1. The predicted molar refractivity (Wildman–Crippen MR) is 266 cm³/mol. The van der Waals surface area contributed by atoms with E-state index in [4.69, 9.17) is 0 Å². The van der Waals surface area contributed by atoms with Gasteiger partial charge in [0.25, 0.3) is 0 Å². The Balaban J connectivity index is 1.01. The van der Waals surface area contributed by atoms with Crippen LogP contribution in [0.5, 0.6) is 0 Å². The maximum Gasteiger partial charge on any atom is 0.0560 e. The molecule has 0 radical (unpaired) electrons.